The Kier molecular flexibility index (Phi) is 5.79. The first-order valence-corrected chi connectivity index (χ1v) is 10.2. The first kappa shape index (κ1) is 20.1. The lowest BCUT2D eigenvalue weighted by atomic mass is 10.0. The van der Waals surface area contributed by atoms with E-state index in [1.165, 1.54) is 0 Å². The minimum atomic E-state index is -0.102. The van der Waals surface area contributed by atoms with Crippen molar-refractivity contribution < 1.29 is 23.8 Å². The predicted molar refractivity (Wildman–Crippen MR) is 112 cm³/mol. The average Bonchev–Trinajstić information content (AvgIpc) is 3.21. The number of rotatable bonds is 5. The van der Waals surface area contributed by atoms with Crippen LogP contribution in [0.15, 0.2) is 42.5 Å². The number of hydrogen-bond acceptors (Lipinski definition) is 5. The molecule has 4 rings (SSSR count). The van der Waals surface area contributed by atoms with Crippen molar-refractivity contribution in [1.29, 1.82) is 0 Å². The molecule has 0 aliphatic carbocycles. The summed E-state index contributed by atoms with van der Waals surface area (Å²) in [5, 5.41) is 0. The maximum atomic E-state index is 13.3. The van der Waals surface area contributed by atoms with Gasteiger partial charge < -0.3 is 19.1 Å². The van der Waals surface area contributed by atoms with Gasteiger partial charge in [-0.05, 0) is 42.7 Å². The fourth-order valence-electron chi connectivity index (χ4n) is 4.19. The highest BCUT2D eigenvalue weighted by atomic mass is 16.5. The van der Waals surface area contributed by atoms with E-state index in [0.29, 0.717) is 36.1 Å². The molecule has 2 aliphatic rings. The molecule has 2 heterocycles. The summed E-state index contributed by atoms with van der Waals surface area (Å²) in [6.07, 6.45) is 2.04. The Labute approximate surface area is 176 Å². The Bertz CT molecular complexity index is 945. The summed E-state index contributed by atoms with van der Waals surface area (Å²) < 4.78 is 16.4. The molecule has 0 aromatic heterocycles. The average molecular weight is 410 g/mol. The molecule has 2 aliphatic heterocycles. The van der Waals surface area contributed by atoms with Gasteiger partial charge in [0.15, 0.2) is 11.5 Å². The summed E-state index contributed by atoms with van der Waals surface area (Å²) in [6.45, 7) is 0.986. The molecule has 7 nitrogen and oxygen atoms in total. The number of ether oxygens (including phenoxy) is 3. The van der Waals surface area contributed by atoms with Crippen LogP contribution >= 0.6 is 0 Å². The molecule has 0 N–H and O–H groups in total. The van der Waals surface area contributed by atoms with E-state index in [4.69, 9.17) is 14.2 Å². The monoisotopic (exact) mass is 410 g/mol. The summed E-state index contributed by atoms with van der Waals surface area (Å²) >= 11 is 0. The third kappa shape index (κ3) is 3.79. The number of hydrogen-bond donors (Lipinski definition) is 0. The molecule has 2 aromatic carbocycles. The van der Waals surface area contributed by atoms with E-state index in [2.05, 4.69) is 0 Å². The molecule has 1 saturated heterocycles. The lowest BCUT2D eigenvalue weighted by molar-refractivity contribution is -0.132. The quantitative estimate of drug-likeness (QED) is 0.757. The molecule has 7 heteroatoms. The Balaban J connectivity index is 1.56. The molecule has 2 amide bonds. The zero-order chi connectivity index (χ0) is 21.1. The van der Waals surface area contributed by atoms with Crippen molar-refractivity contribution in [3.8, 4) is 17.2 Å². The number of likely N-dealkylation sites (tertiary alicyclic amines) is 1. The van der Waals surface area contributed by atoms with Crippen LogP contribution in [0.25, 0.3) is 0 Å². The first-order chi connectivity index (χ1) is 14.6. The number of nitrogens with zero attached hydrogens (tertiary/aromatic N) is 2. The van der Waals surface area contributed by atoms with Gasteiger partial charge >= 0.3 is 0 Å². The highest BCUT2D eigenvalue weighted by Crippen LogP contribution is 2.37. The predicted octanol–water partition coefficient (Wildman–Crippen LogP) is 3.18. The fourth-order valence-corrected chi connectivity index (χ4v) is 4.19. The normalized spacial score (nSPS) is 18.5. The maximum absolute atomic E-state index is 13.3. The zero-order valence-corrected chi connectivity index (χ0v) is 17.3. The van der Waals surface area contributed by atoms with Gasteiger partial charge in [0, 0.05) is 6.54 Å². The van der Waals surface area contributed by atoms with Crippen molar-refractivity contribution >= 4 is 17.5 Å². The van der Waals surface area contributed by atoms with Gasteiger partial charge in [-0.2, -0.15) is 0 Å². The largest absolute Gasteiger partial charge is 0.493 e. The van der Waals surface area contributed by atoms with Crippen LogP contribution in [0.1, 0.15) is 30.9 Å². The van der Waals surface area contributed by atoms with Gasteiger partial charge in [0.1, 0.15) is 12.3 Å². The van der Waals surface area contributed by atoms with Gasteiger partial charge in [0.2, 0.25) is 11.8 Å². The molecule has 158 valence electrons. The number of carbonyl (C=O) groups is 2. The van der Waals surface area contributed by atoms with Crippen LogP contribution in [0, 0.1) is 0 Å². The number of amides is 2. The summed E-state index contributed by atoms with van der Waals surface area (Å²) in [4.78, 5) is 29.4. The third-order valence-electron chi connectivity index (χ3n) is 5.69. The number of fused-ring (bicyclic) bond motifs is 1. The minimum Gasteiger partial charge on any atom is -0.493 e. The number of anilines is 1. The van der Waals surface area contributed by atoms with Gasteiger partial charge in [0.25, 0.3) is 0 Å². The van der Waals surface area contributed by atoms with Crippen molar-refractivity contribution in [1.82, 2.24) is 4.90 Å². The van der Waals surface area contributed by atoms with Crippen LogP contribution in [-0.2, 0) is 9.59 Å². The van der Waals surface area contributed by atoms with Gasteiger partial charge in [-0.15, -0.1) is 0 Å². The Morgan fingerprint density at radius 1 is 1.13 bits per heavy atom. The van der Waals surface area contributed by atoms with Crippen molar-refractivity contribution in [2.45, 2.75) is 25.3 Å². The minimum absolute atomic E-state index is 0.00297. The standard InChI is InChI=1S/C23H26N2O5/c1-28-20-10-9-16(14-21(20)29-2)17-7-5-12-24(17)23(27)15-25-18-6-3-4-8-19(18)30-13-11-22(25)26/h3-4,6,8-10,14,17H,5,7,11-13,15H2,1-2H3/t17-/m1/s1. The molecule has 0 spiro atoms. The Morgan fingerprint density at radius 3 is 2.73 bits per heavy atom. The van der Waals surface area contributed by atoms with Gasteiger partial charge in [-0.25, -0.2) is 0 Å². The molecule has 30 heavy (non-hydrogen) atoms. The van der Waals surface area contributed by atoms with Crippen LogP contribution < -0.4 is 19.1 Å². The van der Waals surface area contributed by atoms with E-state index in [-0.39, 0.29) is 30.8 Å². The molecule has 1 atom stereocenters. The van der Waals surface area contributed by atoms with E-state index in [0.717, 1.165) is 18.4 Å². The molecule has 2 aromatic rings. The van der Waals surface area contributed by atoms with Crippen LogP contribution in [0.5, 0.6) is 17.2 Å². The maximum Gasteiger partial charge on any atom is 0.243 e. The molecule has 0 bridgehead atoms. The van der Waals surface area contributed by atoms with E-state index >= 15 is 0 Å². The van der Waals surface area contributed by atoms with E-state index < -0.39 is 0 Å². The number of methoxy groups -OCH3 is 2. The van der Waals surface area contributed by atoms with E-state index in [1.54, 1.807) is 19.1 Å². The van der Waals surface area contributed by atoms with Gasteiger partial charge in [-0.3, -0.25) is 14.5 Å². The lowest BCUT2D eigenvalue weighted by Gasteiger charge is -2.29. The molecule has 0 unspecified atom stereocenters. The molecular weight excluding hydrogens is 384 g/mol. The Morgan fingerprint density at radius 2 is 1.93 bits per heavy atom. The lowest BCUT2D eigenvalue weighted by Crippen LogP contribution is -2.42. The van der Waals surface area contributed by atoms with Crippen LogP contribution in [-0.4, -0.2) is 50.6 Å². The van der Waals surface area contributed by atoms with E-state index in [9.17, 15) is 9.59 Å². The fraction of sp³-hybridized carbons (Fsp3) is 0.391. The zero-order valence-electron chi connectivity index (χ0n) is 17.3. The van der Waals surface area contributed by atoms with Crippen molar-refractivity contribution in [3.63, 3.8) is 0 Å². The van der Waals surface area contributed by atoms with Crippen molar-refractivity contribution in [2.75, 3.05) is 38.8 Å². The topological polar surface area (TPSA) is 68.3 Å². The van der Waals surface area contributed by atoms with Gasteiger partial charge in [-0.1, -0.05) is 18.2 Å². The second-order valence-corrected chi connectivity index (χ2v) is 7.41. The first-order valence-electron chi connectivity index (χ1n) is 10.2. The summed E-state index contributed by atoms with van der Waals surface area (Å²) in [7, 11) is 3.20. The smallest absolute Gasteiger partial charge is 0.243 e. The van der Waals surface area contributed by atoms with Crippen LogP contribution in [0.4, 0.5) is 5.69 Å². The van der Waals surface area contributed by atoms with Crippen LogP contribution in [0.2, 0.25) is 0 Å². The highest BCUT2D eigenvalue weighted by molar-refractivity contribution is 6.00. The summed E-state index contributed by atoms with van der Waals surface area (Å²) in [5.41, 5.74) is 1.65. The van der Waals surface area contributed by atoms with Crippen LogP contribution in [0.3, 0.4) is 0 Å². The molecule has 1 fully saturated rings. The molecule has 0 radical (unpaired) electrons. The highest BCUT2D eigenvalue weighted by Gasteiger charge is 2.33. The SMILES string of the molecule is COc1ccc([C@H]2CCCN2C(=O)CN2C(=O)CCOc3ccccc32)cc1OC. The Hall–Kier alpha value is -3.22. The van der Waals surface area contributed by atoms with Gasteiger partial charge in [0.05, 0.1) is 39.0 Å². The molecular formula is C23H26N2O5. The van der Waals surface area contributed by atoms with E-state index in [1.807, 2.05) is 47.4 Å². The van der Waals surface area contributed by atoms with Crippen molar-refractivity contribution in [3.05, 3.63) is 48.0 Å². The number of para-hydroxylation sites is 2. The second-order valence-electron chi connectivity index (χ2n) is 7.41. The summed E-state index contributed by atoms with van der Waals surface area (Å²) in [5.74, 6) is 1.76. The third-order valence-corrected chi connectivity index (χ3v) is 5.69. The number of benzene rings is 2. The summed E-state index contributed by atoms with van der Waals surface area (Å²) in [6, 6.07) is 13.1. The number of carbonyl (C=O) groups excluding carboxylic acids is 2. The second kappa shape index (κ2) is 8.65. The van der Waals surface area contributed by atoms with Crippen molar-refractivity contribution in [2.24, 2.45) is 0 Å². The molecule has 0 saturated carbocycles.